The highest BCUT2D eigenvalue weighted by Gasteiger charge is 2.34. The first-order valence-electron chi connectivity index (χ1n) is 9.88. The summed E-state index contributed by atoms with van der Waals surface area (Å²) in [5, 5.41) is 8.72. The number of hydrogen-bond donors (Lipinski definition) is 1. The Morgan fingerprint density at radius 2 is 1.80 bits per heavy atom. The van der Waals surface area contributed by atoms with Gasteiger partial charge < -0.3 is 19.5 Å². The Labute approximate surface area is 174 Å². The predicted octanol–water partition coefficient (Wildman–Crippen LogP) is 4.75. The van der Waals surface area contributed by atoms with Crippen molar-refractivity contribution in [2.75, 3.05) is 19.7 Å². The molecule has 9 heteroatoms. The molecule has 0 bridgehead atoms. The van der Waals surface area contributed by atoms with E-state index in [0.29, 0.717) is 25.9 Å². The molecule has 6 nitrogen and oxygen atoms in total. The fourth-order valence-corrected chi connectivity index (χ4v) is 3.19. The number of ether oxygens (including phenoxy) is 2. The summed E-state index contributed by atoms with van der Waals surface area (Å²) >= 11 is 0. The first-order chi connectivity index (χ1) is 13.8. The van der Waals surface area contributed by atoms with Gasteiger partial charge in [0.15, 0.2) is 0 Å². The quantitative estimate of drug-likeness (QED) is 0.704. The van der Waals surface area contributed by atoms with Gasteiger partial charge in [0.25, 0.3) is 0 Å². The molecule has 0 spiro atoms. The highest BCUT2D eigenvalue weighted by molar-refractivity contribution is 5.68. The van der Waals surface area contributed by atoms with Crippen molar-refractivity contribution in [1.82, 2.24) is 4.90 Å². The maximum atomic E-state index is 13.3. The van der Waals surface area contributed by atoms with Gasteiger partial charge in [-0.25, -0.2) is 4.79 Å². The molecule has 1 fully saturated rings. The highest BCUT2D eigenvalue weighted by atomic mass is 19.4. The number of amides is 1. The zero-order valence-corrected chi connectivity index (χ0v) is 17.4. The third-order valence-electron chi connectivity index (χ3n) is 4.75. The van der Waals surface area contributed by atoms with Crippen LogP contribution in [0, 0.1) is 5.92 Å². The van der Waals surface area contributed by atoms with Gasteiger partial charge in [0.05, 0.1) is 12.2 Å². The number of nitrogens with zero attached hydrogens (tertiary/aromatic N) is 1. The van der Waals surface area contributed by atoms with E-state index in [1.165, 1.54) is 12.1 Å². The Hall–Kier alpha value is -2.45. The van der Waals surface area contributed by atoms with Gasteiger partial charge in [-0.05, 0) is 63.6 Å². The molecule has 1 N–H and O–H groups in total. The second-order valence-electron chi connectivity index (χ2n) is 8.43. The van der Waals surface area contributed by atoms with E-state index < -0.39 is 23.3 Å². The number of aryl methyl sites for hydroxylation is 1. The zero-order valence-electron chi connectivity index (χ0n) is 17.4. The number of carboxylic acid groups (broad SMARTS) is 1. The minimum atomic E-state index is -4.59. The van der Waals surface area contributed by atoms with E-state index in [4.69, 9.17) is 14.6 Å². The van der Waals surface area contributed by atoms with Gasteiger partial charge in [0.1, 0.15) is 11.4 Å². The Bertz CT molecular complexity index is 750. The summed E-state index contributed by atoms with van der Waals surface area (Å²) in [6.07, 6.45) is -4.20. The van der Waals surface area contributed by atoms with Crippen LogP contribution in [0.25, 0.3) is 0 Å². The fraction of sp³-hybridized carbons (Fsp3) is 0.619. The van der Waals surface area contributed by atoms with E-state index >= 15 is 0 Å². The lowest BCUT2D eigenvalue weighted by Gasteiger charge is -2.33. The molecule has 0 atom stereocenters. The lowest BCUT2D eigenvalue weighted by molar-refractivity contribution is -0.140. The number of aliphatic carboxylic acids is 1. The predicted molar refractivity (Wildman–Crippen MR) is 103 cm³/mol. The smallest absolute Gasteiger partial charge is 0.416 e. The number of likely N-dealkylation sites (tertiary alicyclic amines) is 1. The molecule has 1 saturated heterocycles. The summed E-state index contributed by atoms with van der Waals surface area (Å²) in [5.41, 5.74) is -1.51. The molecule has 0 saturated carbocycles. The van der Waals surface area contributed by atoms with E-state index in [2.05, 4.69) is 0 Å². The van der Waals surface area contributed by atoms with E-state index in [1.54, 1.807) is 25.7 Å². The van der Waals surface area contributed by atoms with Crippen LogP contribution in [0.4, 0.5) is 18.0 Å². The molecule has 2 rings (SSSR count). The number of halogens is 3. The molecule has 1 aliphatic heterocycles. The normalized spacial score (nSPS) is 15.7. The summed E-state index contributed by atoms with van der Waals surface area (Å²) in [6.45, 7) is 6.65. The second kappa shape index (κ2) is 9.57. The van der Waals surface area contributed by atoms with Crippen LogP contribution in [0.15, 0.2) is 18.2 Å². The number of carbonyl (C=O) groups is 2. The van der Waals surface area contributed by atoms with Crippen molar-refractivity contribution in [2.24, 2.45) is 5.92 Å². The van der Waals surface area contributed by atoms with Gasteiger partial charge in [0.2, 0.25) is 0 Å². The number of piperidine rings is 1. The molecule has 1 aromatic carbocycles. The van der Waals surface area contributed by atoms with Crippen molar-refractivity contribution in [3.05, 3.63) is 29.3 Å². The molecule has 0 aliphatic carbocycles. The maximum Gasteiger partial charge on any atom is 0.416 e. The van der Waals surface area contributed by atoms with Crippen LogP contribution in [-0.2, 0) is 22.1 Å². The van der Waals surface area contributed by atoms with Gasteiger partial charge in [0, 0.05) is 19.5 Å². The van der Waals surface area contributed by atoms with Crippen molar-refractivity contribution in [1.29, 1.82) is 0 Å². The Morgan fingerprint density at radius 1 is 1.17 bits per heavy atom. The van der Waals surface area contributed by atoms with Gasteiger partial charge in [-0.15, -0.1) is 0 Å². The molecule has 168 valence electrons. The minimum Gasteiger partial charge on any atom is -0.493 e. The lowest BCUT2D eigenvalue weighted by Crippen LogP contribution is -2.42. The van der Waals surface area contributed by atoms with Crippen LogP contribution in [0.5, 0.6) is 5.75 Å². The topological polar surface area (TPSA) is 76.1 Å². The SMILES string of the molecule is CC(C)(C)OC(=O)N1CCC(COc2ccc(CCC(=O)O)c(C(F)(F)F)c2)CC1. The van der Waals surface area contributed by atoms with Crippen LogP contribution >= 0.6 is 0 Å². The molecule has 1 aliphatic rings. The van der Waals surface area contributed by atoms with Gasteiger partial charge in [-0.3, -0.25) is 4.79 Å². The van der Waals surface area contributed by atoms with Crippen LogP contribution in [0.2, 0.25) is 0 Å². The Morgan fingerprint density at radius 3 is 2.33 bits per heavy atom. The standard InChI is InChI=1S/C21H28F3NO5/c1-20(2,3)30-19(28)25-10-8-14(9-11-25)13-29-16-6-4-15(5-7-18(26)27)17(12-16)21(22,23)24/h4,6,12,14H,5,7-11,13H2,1-3H3,(H,26,27). The molecular weight excluding hydrogens is 403 g/mol. The largest absolute Gasteiger partial charge is 0.493 e. The molecule has 0 unspecified atom stereocenters. The average molecular weight is 431 g/mol. The van der Waals surface area contributed by atoms with E-state index in [-0.39, 0.29) is 42.8 Å². The minimum absolute atomic E-state index is 0.0667. The maximum absolute atomic E-state index is 13.3. The first kappa shape index (κ1) is 23.8. The van der Waals surface area contributed by atoms with Crippen LogP contribution in [0.3, 0.4) is 0 Å². The van der Waals surface area contributed by atoms with Crippen molar-refractivity contribution in [2.45, 2.75) is 58.2 Å². The summed E-state index contributed by atoms with van der Waals surface area (Å²) in [7, 11) is 0. The third-order valence-corrected chi connectivity index (χ3v) is 4.75. The molecule has 30 heavy (non-hydrogen) atoms. The third kappa shape index (κ3) is 7.42. The van der Waals surface area contributed by atoms with Crippen molar-refractivity contribution in [3.8, 4) is 5.75 Å². The number of benzene rings is 1. The van der Waals surface area contributed by atoms with Crippen molar-refractivity contribution < 1.29 is 37.3 Å². The van der Waals surface area contributed by atoms with Crippen LogP contribution in [-0.4, -0.2) is 47.4 Å². The van der Waals surface area contributed by atoms with Crippen molar-refractivity contribution in [3.63, 3.8) is 0 Å². The van der Waals surface area contributed by atoms with E-state index in [1.807, 2.05) is 0 Å². The zero-order chi connectivity index (χ0) is 22.5. The molecule has 1 amide bonds. The van der Waals surface area contributed by atoms with Crippen LogP contribution in [0.1, 0.15) is 51.2 Å². The Balaban J connectivity index is 1.92. The lowest BCUT2D eigenvalue weighted by atomic mass is 9.98. The van der Waals surface area contributed by atoms with Gasteiger partial charge >= 0.3 is 18.2 Å². The van der Waals surface area contributed by atoms with Crippen LogP contribution < -0.4 is 4.74 Å². The van der Waals surface area contributed by atoms with Crippen molar-refractivity contribution >= 4 is 12.1 Å². The molecule has 1 aromatic rings. The summed E-state index contributed by atoms with van der Waals surface area (Å²) in [6, 6.07) is 3.63. The monoisotopic (exact) mass is 431 g/mol. The summed E-state index contributed by atoms with van der Waals surface area (Å²) in [4.78, 5) is 24.4. The highest BCUT2D eigenvalue weighted by Crippen LogP contribution is 2.35. The van der Waals surface area contributed by atoms with Gasteiger partial charge in [-0.2, -0.15) is 13.2 Å². The second-order valence-corrected chi connectivity index (χ2v) is 8.43. The molecule has 1 heterocycles. The first-order valence-corrected chi connectivity index (χ1v) is 9.88. The number of carbonyl (C=O) groups excluding carboxylic acids is 1. The number of rotatable bonds is 6. The molecular formula is C21H28F3NO5. The molecule has 0 aromatic heterocycles. The average Bonchev–Trinajstić information content (AvgIpc) is 2.63. The Kier molecular flexibility index (Phi) is 7.60. The van der Waals surface area contributed by atoms with Gasteiger partial charge in [-0.1, -0.05) is 6.07 Å². The van der Waals surface area contributed by atoms with E-state index in [0.717, 1.165) is 6.07 Å². The number of carboxylic acids is 1. The number of alkyl halides is 3. The summed E-state index contributed by atoms with van der Waals surface area (Å²) < 4.78 is 50.9. The van der Waals surface area contributed by atoms with E-state index in [9.17, 15) is 22.8 Å². The molecule has 0 radical (unpaired) electrons. The summed E-state index contributed by atoms with van der Waals surface area (Å²) in [5.74, 6) is -0.943. The number of hydrogen-bond acceptors (Lipinski definition) is 4. The fourth-order valence-electron chi connectivity index (χ4n) is 3.19.